The minimum atomic E-state index is 0.823. The summed E-state index contributed by atoms with van der Waals surface area (Å²) in [4.78, 5) is 2.84. The van der Waals surface area contributed by atoms with Gasteiger partial charge in [-0.1, -0.05) is 6.92 Å². The zero-order chi connectivity index (χ0) is 10.3. The second kappa shape index (κ2) is 4.06. The molecule has 2 atom stereocenters. The van der Waals surface area contributed by atoms with Crippen molar-refractivity contribution in [3.05, 3.63) is 0 Å². The monoisotopic (exact) mass is 208 g/mol. The fourth-order valence-corrected chi connectivity index (χ4v) is 3.87. The molecule has 1 aliphatic carbocycles. The minimum Gasteiger partial charge on any atom is -0.312 e. The van der Waals surface area contributed by atoms with Gasteiger partial charge in [0.15, 0.2) is 0 Å². The number of hydrogen-bond acceptors (Lipinski definition) is 2. The molecule has 3 aliphatic rings. The molecule has 1 saturated carbocycles. The molecule has 0 aromatic rings. The van der Waals surface area contributed by atoms with Gasteiger partial charge in [-0.15, -0.1) is 0 Å². The standard InChI is InChI=1S/C13H24N2/c1-10-8-11(9-10)15-7-3-5-13(15)12-4-2-6-14-12/h10-14H,2-9H2,1H3. The lowest BCUT2D eigenvalue weighted by Crippen LogP contribution is -2.52. The molecule has 86 valence electrons. The summed E-state index contributed by atoms with van der Waals surface area (Å²) >= 11 is 0. The first-order valence-electron chi connectivity index (χ1n) is 6.84. The van der Waals surface area contributed by atoms with Crippen LogP contribution in [0.15, 0.2) is 0 Å². The van der Waals surface area contributed by atoms with Crippen LogP contribution in [-0.2, 0) is 0 Å². The predicted octanol–water partition coefficient (Wildman–Crippen LogP) is 2.00. The van der Waals surface area contributed by atoms with Crippen molar-refractivity contribution in [2.45, 2.75) is 63.6 Å². The lowest BCUT2D eigenvalue weighted by Gasteiger charge is -2.44. The third-order valence-corrected chi connectivity index (χ3v) is 4.72. The van der Waals surface area contributed by atoms with Crippen LogP contribution in [0.3, 0.4) is 0 Å². The Balaban J connectivity index is 1.61. The SMILES string of the molecule is CC1CC(N2CCCC2C2CCCN2)C1. The number of nitrogens with one attached hydrogen (secondary N) is 1. The summed E-state index contributed by atoms with van der Waals surface area (Å²) in [6, 6.07) is 2.64. The van der Waals surface area contributed by atoms with E-state index < -0.39 is 0 Å². The van der Waals surface area contributed by atoms with Crippen molar-refractivity contribution in [3.63, 3.8) is 0 Å². The fraction of sp³-hybridized carbons (Fsp3) is 1.00. The molecule has 0 spiro atoms. The van der Waals surface area contributed by atoms with Crippen molar-refractivity contribution in [1.29, 1.82) is 0 Å². The fourth-order valence-electron chi connectivity index (χ4n) is 3.87. The highest BCUT2D eigenvalue weighted by Gasteiger charge is 2.40. The molecule has 2 heteroatoms. The third kappa shape index (κ3) is 1.83. The van der Waals surface area contributed by atoms with Crippen molar-refractivity contribution in [1.82, 2.24) is 10.2 Å². The van der Waals surface area contributed by atoms with E-state index in [1.165, 1.54) is 51.6 Å². The third-order valence-electron chi connectivity index (χ3n) is 4.72. The van der Waals surface area contributed by atoms with Crippen LogP contribution in [0.5, 0.6) is 0 Å². The highest BCUT2D eigenvalue weighted by atomic mass is 15.2. The van der Waals surface area contributed by atoms with Gasteiger partial charge in [-0.2, -0.15) is 0 Å². The van der Waals surface area contributed by atoms with E-state index in [2.05, 4.69) is 17.1 Å². The molecule has 2 unspecified atom stereocenters. The Morgan fingerprint density at radius 1 is 1.13 bits per heavy atom. The molecule has 0 radical (unpaired) electrons. The van der Waals surface area contributed by atoms with Crippen LogP contribution in [-0.4, -0.2) is 36.1 Å². The molecule has 0 aromatic heterocycles. The largest absolute Gasteiger partial charge is 0.312 e. The zero-order valence-corrected chi connectivity index (χ0v) is 9.91. The van der Waals surface area contributed by atoms with Gasteiger partial charge < -0.3 is 5.32 Å². The Morgan fingerprint density at radius 2 is 2.00 bits per heavy atom. The summed E-state index contributed by atoms with van der Waals surface area (Å²) in [6.45, 7) is 5.03. The molecule has 0 amide bonds. The number of rotatable bonds is 2. The maximum Gasteiger partial charge on any atom is 0.0252 e. The van der Waals surface area contributed by atoms with E-state index in [4.69, 9.17) is 0 Å². The molecular formula is C13H24N2. The first-order valence-corrected chi connectivity index (χ1v) is 6.84. The van der Waals surface area contributed by atoms with E-state index >= 15 is 0 Å². The molecule has 0 aromatic carbocycles. The average Bonchev–Trinajstić information content (AvgIpc) is 2.82. The van der Waals surface area contributed by atoms with Gasteiger partial charge in [0.05, 0.1) is 0 Å². The number of hydrogen-bond donors (Lipinski definition) is 1. The van der Waals surface area contributed by atoms with Gasteiger partial charge in [0.1, 0.15) is 0 Å². The summed E-state index contributed by atoms with van der Waals surface area (Å²) in [7, 11) is 0. The molecule has 2 aliphatic heterocycles. The molecule has 0 bridgehead atoms. The van der Waals surface area contributed by atoms with Gasteiger partial charge in [0.2, 0.25) is 0 Å². The summed E-state index contributed by atoms with van der Waals surface area (Å²) in [6.07, 6.45) is 8.63. The Hall–Kier alpha value is -0.0800. The van der Waals surface area contributed by atoms with Crippen LogP contribution in [0, 0.1) is 5.92 Å². The smallest absolute Gasteiger partial charge is 0.0252 e. The van der Waals surface area contributed by atoms with Gasteiger partial charge in [0.25, 0.3) is 0 Å². The van der Waals surface area contributed by atoms with Crippen molar-refractivity contribution in [2.75, 3.05) is 13.1 Å². The summed E-state index contributed by atoms with van der Waals surface area (Å²) in [5.41, 5.74) is 0. The minimum absolute atomic E-state index is 0.823. The summed E-state index contributed by atoms with van der Waals surface area (Å²) < 4.78 is 0. The quantitative estimate of drug-likeness (QED) is 0.746. The topological polar surface area (TPSA) is 15.3 Å². The van der Waals surface area contributed by atoms with Crippen molar-refractivity contribution < 1.29 is 0 Å². The van der Waals surface area contributed by atoms with Crippen molar-refractivity contribution in [3.8, 4) is 0 Å². The van der Waals surface area contributed by atoms with E-state index in [0.717, 1.165) is 24.0 Å². The lowest BCUT2D eigenvalue weighted by molar-refractivity contribution is 0.0632. The van der Waals surface area contributed by atoms with Gasteiger partial charge in [-0.05, 0) is 57.5 Å². The highest BCUT2D eigenvalue weighted by molar-refractivity contribution is 4.97. The Labute approximate surface area is 93.4 Å². The molecule has 3 fully saturated rings. The second-order valence-electron chi connectivity index (χ2n) is 5.88. The molecule has 2 heterocycles. The van der Waals surface area contributed by atoms with Crippen LogP contribution in [0.4, 0.5) is 0 Å². The van der Waals surface area contributed by atoms with E-state index in [1.54, 1.807) is 0 Å². The highest BCUT2D eigenvalue weighted by Crippen LogP contribution is 2.37. The average molecular weight is 208 g/mol. The summed E-state index contributed by atoms with van der Waals surface area (Å²) in [5, 5.41) is 3.70. The van der Waals surface area contributed by atoms with Crippen LogP contribution in [0.2, 0.25) is 0 Å². The van der Waals surface area contributed by atoms with Crippen molar-refractivity contribution in [2.24, 2.45) is 5.92 Å². The van der Waals surface area contributed by atoms with Crippen LogP contribution < -0.4 is 5.32 Å². The van der Waals surface area contributed by atoms with Crippen LogP contribution in [0.25, 0.3) is 0 Å². The molecule has 1 N–H and O–H groups in total. The van der Waals surface area contributed by atoms with E-state index in [0.29, 0.717) is 0 Å². The maximum absolute atomic E-state index is 3.70. The van der Waals surface area contributed by atoms with Crippen LogP contribution in [0.1, 0.15) is 45.4 Å². The molecule has 15 heavy (non-hydrogen) atoms. The van der Waals surface area contributed by atoms with Crippen LogP contribution >= 0.6 is 0 Å². The number of nitrogens with zero attached hydrogens (tertiary/aromatic N) is 1. The van der Waals surface area contributed by atoms with E-state index in [-0.39, 0.29) is 0 Å². The Kier molecular flexibility index (Phi) is 2.73. The second-order valence-corrected chi connectivity index (χ2v) is 5.88. The Morgan fingerprint density at radius 3 is 2.67 bits per heavy atom. The van der Waals surface area contributed by atoms with Gasteiger partial charge in [-0.3, -0.25) is 4.90 Å². The molecule has 2 nitrogen and oxygen atoms in total. The molecule has 3 rings (SSSR count). The number of likely N-dealkylation sites (tertiary alicyclic amines) is 1. The molecular weight excluding hydrogens is 184 g/mol. The Bertz CT molecular complexity index is 217. The summed E-state index contributed by atoms with van der Waals surface area (Å²) in [5.74, 6) is 0.993. The van der Waals surface area contributed by atoms with Gasteiger partial charge in [0, 0.05) is 18.1 Å². The van der Waals surface area contributed by atoms with Crippen molar-refractivity contribution >= 4 is 0 Å². The van der Waals surface area contributed by atoms with Gasteiger partial charge >= 0.3 is 0 Å². The predicted molar refractivity (Wildman–Crippen MR) is 62.9 cm³/mol. The lowest BCUT2D eigenvalue weighted by atomic mass is 9.80. The first kappa shape index (κ1) is 10.1. The maximum atomic E-state index is 3.70. The first-order chi connectivity index (χ1) is 7.34. The molecule has 2 saturated heterocycles. The van der Waals surface area contributed by atoms with E-state index in [1.807, 2.05) is 0 Å². The van der Waals surface area contributed by atoms with Gasteiger partial charge in [-0.25, -0.2) is 0 Å². The normalized spacial score (nSPS) is 47.0. The zero-order valence-electron chi connectivity index (χ0n) is 9.91. The van der Waals surface area contributed by atoms with E-state index in [9.17, 15) is 0 Å².